The van der Waals surface area contributed by atoms with E-state index < -0.39 is 36.0 Å². The van der Waals surface area contributed by atoms with Crippen molar-refractivity contribution in [3.63, 3.8) is 0 Å². The van der Waals surface area contributed by atoms with Crippen LogP contribution in [-0.4, -0.2) is 49.2 Å². The van der Waals surface area contributed by atoms with E-state index in [1.165, 1.54) is 12.1 Å². The Hall–Kier alpha value is -3.50. The number of hydrogen-bond donors (Lipinski definition) is 2. The molecule has 30 heavy (non-hydrogen) atoms. The van der Waals surface area contributed by atoms with Crippen LogP contribution in [0.2, 0.25) is 0 Å². The van der Waals surface area contributed by atoms with E-state index in [-0.39, 0.29) is 24.3 Å². The normalized spacial score (nSPS) is 12.1. The van der Waals surface area contributed by atoms with Crippen molar-refractivity contribution in [3.05, 3.63) is 60.7 Å². The Bertz CT molecular complexity index is 728. The minimum absolute atomic E-state index is 0.0274. The first kappa shape index (κ1) is 24.5. The van der Waals surface area contributed by atoms with Crippen molar-refractivity contribution in [3.8, 4) is 0 Å². The molecule has 1 rings (SSSR count). The number of ether oxygens (including phenoxy) is 2. The quantitative estimate of drug-likeness (QED) is 0.294. The van der Waals surface area contributed by atoms with Crippen LogP contribution in [0.25, 0.3) is 0 Å². The maximum Gasteiger partial charge on any atom is 0.330 e. The second kappa shape index (κ2) is 12.9. The molecule has 0 fully saturated rings. The van der Waals surface area contributed by atoms with Gasteiger partial charge in [-0.1, -0.05) is 25.3 Å². The summed E-state index contributed by atoms with van der Waals surface area (Å²) < 4.78 is 9.60. The van der Waals surface area contributed by atoms with Gasteiger partial charge in [0, 0.05) is 12.2 Å². The zero-order valence-corrected chi connectivity index (χ0v) is 16.7. The number of hydrogen-bond acceptors (Lipinski definition) is 8. The maximum atomic E-state index is 12.4. The second-order valence-corrected chi connectivity index (χ2v) is 5.93. The van der Waals surface area contributed by atoms with E-state index in [2.05, 4.69) is 24.1 Å². The average Bonchev–Trinajstić information content (AvgIpc) is 2.77. The third-order valence-electron chi connectivity index (χ3n) is 3.38. The molecule has 10 heteroatoms. The number of benzene rings is 1. The van der Waals surface area contributed by atoms with Crippen molar-refractivity contribution in [1.82, 2.24) is 11.0 Å². The fourth-order valence-corrected chi connectivity index (χ4v) is 1.88. The Morgan fingerprint density at radius 2 is 1.20 bits per heavy atom. The number of rotatable bonds is 12. The molecule has 1 aromatic carbocycles. The highest BCUT2D eigenvalue weighted by Gasteiger charge is 2.19. The van der Waals surface area contributed by atoms with E-state index in [0.717, 1.165) is 12.2 Å². The highest BCUT2D eigenvalue weighted by molar-refractivity contribution is 6.06. The van der Waals surface area contributed by atoms with Crippen LogP contribution in [0.4, 0.5) is 0 Å². The first-order valence-electron chi connectivity index (χ1n) is 8.87. The van der Waals surface area contributed by atoms with Gasteiger partial charge in [0.05, 0.1) is 11.1 Å². The average molecular weight is 420 g/mol. The summed E-state index contributed by atoms with van der Waals surface area (Å²) in [5.41, 5.74) is 4.45. The van der Waals surface area contributed by atoms with Crippen LogP contribution in [0.3, 0.4) is 0 Å². The molecule has 0 saturated heterocycles. The topological polar surface area (TPSA) is 129 Å². The van der Waals surface area contributed by atoms with Crippen LogP contribution in [-0.2, 0) is 28.7 Å². The molecule has 0 aliphatic rings. The Kier molecular flexibility index (Phi) is 10.5. The molecule has 0 bridgehead atoms. The lowest BCUT2D eigenvalue weighted by Gasteiger charge is -2.15. The lowest BCUT2D eigenvalue weighted by molar-refractivity contribution is -0.143. The third-order valence-corrected chi connectivity index (χ3v) is 3.38. The maximum absolute atomic E-state index is 12.4. The smallest absolute Gasteiger partial charge is 0.330 e. The Balaban J connectivity index is 2.61. The Morgan fingerprint density at radius 3 is 1.53 bits per heavy atom. The molecule has 2 amide bonds. The van der Waals surface area contributed by atoms with Crippen LogP contribution < -0.4 is 11.0 Å². The van der Waals surface area contributed by atoms with E-state index >= 15 is 0 Å². The number of hydroxylamine groups is 2. The van der Waals surface area contributed by atoms with Gasteiger partial charge in [0.1, 0.15) is 25.4 Å². The van der Waals surface area contributed by atoms with Crippen molar-refractivity contribution in [2.75, 3.05) is 13.2 Å². The molecule has 0 aliphatic carbocycles. The molecule has 0 radical (unpaired) electrons. The first-order valence-corrected chi connectivity index (χ1v) is 8.87. The Morgan fingerprint density at radius 1 is 0.833 bits per heavy atom. The number of carbonyl (C=O) groups is 4. The first-order chi connectivity index (χ1) is 14.3. The lowest BCUT2D eigenvalue weighted by Crippen LogP contribution is -2.34. The predicted molar refractivity (Wildman–Crippen MR) is 105 cm³/mol. The van der Waals surface area contributed by atoms with Crippen LogP contribution in [0.1, 0.15) is 34.6 Å². The summed E-state index contributed by atoms with van der Waals surface area (Å²) in [6.07, 6.45) is 0.738. The van der Waals surface area contributed by atoms with Crippen LogP contribution in [0.15, 0.2) is 49.6 Å². The van der Waals surface area contributed by atoms with Gasteiger partial charge in [-0.05, 0) is 26.0 Å². The SMILES string of the molecule is C=CC(=O)OCC(C)ONC(=O)c1ccccc1C(=O)NOC(C)COC(=O)C=C. The Labute approximate surface area is 173 Å². The van der Waals surface area contributed by atoms with Crippen molar-refractivity contribution in [2.24, 2.45) is 0 Å². The number of esters is 2. The summed E-state index contributed by atoms with van der Waals surface area (Å²) in [5, 5.41) is 0. The van der Waals surface area contributed by atoms with E-state index in [9.17, 15) is 19.2 Å². The van der Waals surface area contributed by atoms with Gasteiger partial charge in [-0.2, -0.15) is 0 Å². The van der Waals surface area contributed by atoms with Gasteiger partial charge in [0.25, 0.3) is 11.8 Å². The van der Waals surface area contributed by atoms with E-state index in [4.69, 9.17) is 19.1 Å². The van der Waals surface area contributed by atoms with Crippen molar-refractivity contribution >= 4 is 23.8 Å². The summed E-state index contributed by atoms with van der Waals surface area (Å²) >= 11 is 0. The summed E-state index contributed by atoms with van der Waals surface area (Å²) in [5.74, 6) is -2.61. The van der Waals surface area contributed by atoms with Crippen LogP contribution in [0.5, 0.6) is 0 Å². The molecule has 162 valence electrons. The minimum atomic E-state index is -0.685. The fourth-order valence-electron chi connectivity index (χ4n) is 1.88. The standard InChI is InChI=1S/C20H24N2O8/c1-5-17(23)27-11-13(3)29-21-19(25)15-9-7-8-10-16(15)20(26)22-30-14(4)12-28-18(24)6-2/h5-10,13-14H,1-2,11-12H2,3-4H3,(H,21,25)(H,22,26). The summed E-state index contributed by atoms with van der Waals surface area (Å²) in [6.45, 7) is 9.48. The minimum Gasteiger partial charge on any atom is -0.460 e. The van der Waals surface area contributed by atoms with Gasteiger partial charge >= 0.3 is 11.9 Å². The van der Waals surface area contributed by atoms with Crippen molar-refractivity contribution in [1.29, 1.82) is 0 Å². The summed E-state index contributed by atoms with van der Waals surface area (Å²) in [6, 6.07) is 5.98. The fraction of sp³-hybridized carbons (Fsp3) is 0.300. The monoisotopic (exact) mass is 420 g/mol. The molecular formula is C20H24N2O8. The van der Waals surface area contributed by atoms with Gasteiger partial charge in [0.2, 0.25) is 0 Å². The molecule has 0 heterocycles. The van der Waals surface area contributed by atoms with Crippen molar-refractivity contribution < 1.29 is 38.3 Å². The number of amides is 2. The molecule has 0 aliphatic heterocycles. The van der Waals surface area contributed by atoms with Gasteiger partial charge in [-0.25, -0.2) is 20.5 Å². The second-order valence-electron chi connectivity index (χ2n) is 5.93. The highest BCUT2D eigenvalue weighted by atomic mass is 16.7. The van der Waals surface area contributed by atoms with E-state index in [0.29, 0.717) is 0 Å². The van der Waals surface area contributed by atoms with E-state index in [1.807, 2.05) is 0 Å². The largest absolute Gasteiger partial charge is 0.460 e. The number of nitrogens with one attached hydrogen (secondary N) is 2. The summed E-state index contributed by atoms with van der Waals surface area (Å²) in [7, 11) is 0. The number of carbonyl (C=O) groups excluding carboxylic acids is 4. The molecule has 2 unspecified atom stereocenters. The zero-order chi connectivity index (χ0) is 22.5. The van der Waals surface area contributed by atoms with E-state index in [1.54, 1.807) is 26.0 Å². The molecule has 0 spiro atoms. The lowest BCUT2D eigenvalue weighted by atomic mass is 10.1. The molecule has 10 nitrogen and oxygen atoms in total. The van der Waals surface area contributed by atoms with Crippen molar-refractivity contribution in [2.45, 2.75) is 26.1 Å². The van der Waals surface area contributed by atoms with Gasteiger partial charge < -0.3 is 9.47 Å². The van der Waals surface area contributed by atoms with Gasteiger partial charge in [0.15, 0.2) is 0 Å². The van der Waals surface area contributed by atoms with Crippen LogP contribution in [0, 0.1) is 0 Å². The molecule has 2 N–H and O–H groups in total. The molecule has 0 aromatic heterocycles. The van der Waals surface area contributed by atoms with Crippen LogP contribution >= 0.6 is 0 Å². The molecule has 2 atom stereocenters. The zero-order valence-electron chi connectivity index (χ0n) is 16.7. The predicted octanol–water partition coefficient (Wildman–Crippen LogP) is 1.24. The van der Waals surface area contributed by atoms with Gasteiger partial charge in [-0.3, -0.25) is 19.3 Å². The highest BCUT2D eigenvalue weighted by Crippen LogP contribution is 2.09. The molecular weight excluding hydrogens is 396 g/mol. The van der Waals surface area contributed by atoms with Gasteiger partial charge in [-0.15, -0.1) is 0 Å². The molecule has 0 saturated carbocycles. The summed E-state index contributed by atoms with van der Waals surface area (Å²) in [4.78, 5) is 57.0. The third kappa shape index (κ3) is 8.67. The molecule has 1 aromatic rings.